The van der Waals surface area contributed by atoms with Gasteiger partial charge in [0.05, 0.1) is 12.2 Å². The van der Waals surface area contributed by atoms with E-state index in [1.807, 2.05) is 31.2 Å². The van der Waals surface area contributed by atoms with Gasteiger partial charge >= 0.3 is 0 Å². The van der Waals surface area contributed by atoms with Gasteiger partial charge in [-0.1, -0.05) is 35.0 Å². The average molecular weight is 322 g/mol. The summed E-state index contributed by atoms with van der Waals surface area (Å²) in [6.45, 7) is 2.63. The number of hydrogen-bond donors (Lipinski definition) is 0. The lowest BCUT2D eigenvalue weighted by Gasteiger charge is -2.18. The minimum Gasteiger partial charge on any atom is -0.377 e. The predicted molar refractivity (Wildman–Crippen MR) is 75.6 cm³/mol. The highest BCUT2D eigenvalue weighted by Gasteiger charge is 2.37. The van der Waals surface area contributed by atoms with Crippen molar-refractivity contribution in [2.45, 2.75) is 31.8 Å². The number of Topliss-reactive ketones (excluding diaryl/α,β-unsaturated/α-hetero) is 1. The minimum absolute atomic E-state index is 0.00931. The zero-order chi connectivity index (χ0) is 13.8. The van der Waals surface area contributed by atoms with Crippen LogP contribution in [0.1, 0.15) is 31.2 Å². The van der Waals surface area contributed by atoms with Crippen molar-refractivity contribution >= 4 is 21.7 Å². The summed E-state index contributed by atoms with van der Waals surface area (Å²) in [5, 5.41) is 9.33. The van der Waals surface area contributed by atoms with E-state index in [2.05, 4.69) is 22.0 Å². The molecule has 0 saturated carbocycles. The number of rotatable bonds is 4. The molecule has 1 aromatic rings. The van der Waals surface area contributed by atoms with Crippen molar-refractivity contribution in [3.8, 4) is 6.07 Å². The highest BCUT2D eigenvalue weighted by atomic mass is 79.9. The van der Waals surface area contributed by atoms with Crippen molar-refractivity contribution in [1.29, 1.82) is 5.26 Å². The molecular weight excluding hydrogens is 306 g/mol. The van der Waals surface area contributed by atoms with Crippen molar-refractivity contribution in [1.82, 2.24) is 0 Å². The summed E-state index contributed by atoms with van der Waals surface area (Å²) in [4.78, 5) is 12.5. The number of hydrogen-bond acceptors (Lipinski definition) is 3. The third-order valence-corrected chi connectivity index (χ3v) is 4.07. The monoisotopic (exact) mass is 321 g/mol. The zero-order valence-corrected chi connectivity index (χ0v) is 12.4. The van der Waals surface area contributed by atoms with Crippen LogP contribution in [-0.2, 0) is 9.53 Å². The first-order chi connectivity index (χ1) is 9.17. The van der Waals surface area contributed by atoms with Crippen molar-refractivity contribution in [3.05, 3.63) is 34.3 Å². The zero-order valence-electron chi connectivity index (χ0n) is 10.8. The lowest BCUT2D eigenvalue weighted by molar-refractivity contribution is -0.124. The van der Waals surface area contributed by atoms with Crippen LogP contribution in [0.3, 0.4) is 0 Å². The van der Waals surface area contributed by atoms with Gasteiger partial charge in [-0.25, -0.2) is 0 Å². The number of ketones is 1. The Morgan fingerprint density at radius 2 is 2.42 bits per heavy atom. The summed E-state index contributed by atoms with van der Waals surface area (Å²) in [7, 11) is 0. The molecule has 0 aliphatic carbocycles. The summed E-state index contributed by atoms with van der Waals surface area (Å²) < 4.78 is 6.43. The molecule has 0 amide bonds. The molecule has 0 aromatic heterocycles. The summed E-state index contributed by atoms with van der Waals surface area (Å²) in [6, 6.07) is 9.54. The van der Waals surface area contributed by atoms with Crippen molar-refractivity contribution in [2.75, 3.05) is 6.61 Å². The van der Waals surface area contributed by atoms with Crippen LogP contribution in [0, 0.1) is 17.2 Å². The first-order valence-corrected chi connectivity index (χ1v) is 7.27. The fourth-order valence-corrected chi connectivity index (χ4v) is 3.00. The molecule has 1 aliphatic heterocycles. The third-order valence-electron chi connectivity index (χ3n) is 3.57. The fraction of sp³-hybridized carbons (Fsp3) is 0.467. The Kier molecular flexibility index (Phi) is 4.73. The number of nitrogens with zero attached hydrogens (tertiary/aromatic N) is 1. The van der Waals surface area contributed by atoms with E-state index in [-0.39, 0.29) is 17.8 Å². The van der Waals surface area contributed by atoms with Gasteiger partial charge in [-0.2, -0.15) is 5.26 Å². The van der Waals surface area contributed by atoms with Gasteiger partial charge in [0.2, 0.25) is 0 Å². The second-order valence-electron chi connectivity index (χ2n) is 4.73. The van der Waals surface area contributed by atoms with Gasteiger partial charge in [-0.15, -0.1) is 0 Å². The molecule has 3 atom stereocenters. The second-order valence-corrected chi connectivity index (χ2v) is 5.65. The smallest absolute Gasteiger partial charge is 0.160 e. The van der Waals surface area contributed by atoms with E-state index in [0.29, 0.717) is 6.61 Å². The maximum absolute atomic E-state index is 12.5. The molecule has 3 unspecified atom stereocenters. The van der Waals surface area contributed by atoms with Crippen molar-refractivity contribution in [2.24, 2.45) is 5.92 Å². The SMILES string of the molecule is CCC1OCCC1C(=O)C(C#N)c1cccc(Br)c1. The molecular formula is C15H16BrNO2. The van der Waals surface area contributed by atoms with Gasteiger partial charge in [0, 0.05) is 17.0 Å². The highest BCUT2D eigenvalue weighted by Crippen LogP contribution is 2.31. The van der Waals surface area contributed by atoms with Gasteiger partial charge in [-0.3, -0.25) is 4.79 Å². The fourth-order valence-electron chi connectivity index (χ4n) is 2.58. The largest absolute Gasteiger partial charge is 0.377 e. The van der Waals surface area contributed by atoms with Crippen LogP contribution in [0.25, 0.3) is 0 Å². The van der Waals surface area contributed by atoms with Crippen LogP contribution in [0.15, 0.2) is 28.7 Å². The molecule has 0 bridgehead atoms. The standard InChI is InChI=1S/C15H16BrNO2/c1-2-14-12(6-7-19-14)15(18)13(9-17)10-4-3-5-11(16)8-10/h3-5,8,12-14H,2,6-7H2,1H3. The van der Waals surface area contributed by atoms with E-state index < -0.39 is 5.92 Å². The molecule has 1 heterocycles. The maximum Gasteiger partial charge on any atom is 0.160 e. The van der Waals surface area contributed by atoms with Crippen LogP contribution >= 0.6 is 15.9 Å². The van der Waals surface area contributed by atoms with Gasteiger partial charge < -0.3 is 4.74 Å². The van der Waals surface area contributed by atoms with Crippen LogP contribution < -0.4 is 0 Å². The van der Waals surface area contributed by atoms with Crippen LogP contribution in [-0.4, -0.2) is 18.5 Å². The number of carbonyl (C=O) groups is 1. The first kappa shape index (κ1) is 14.2. The Morgan fingerprint density at radius 3 is 3.05 bits per heavy atom. The number of benzene rings is 1. The molecule has 0 spiro atoms. The van der Waals surface area contributed by atoms with E-state index in [1.54, 1.807) is 0 Å². The van der Waals surface area contributed by atoms with Crippen LogP contribution in [0.4, 0.5) is 0 Å². The van der Waals surface area contributed by atoms with E-state index in [1.165, 1.54) is 0 Å². The predicted octanol–water partition coefficient (Wildman–Crippen LogP) is 3.44. The third kappa shape index (κ3) is 3.05. The minimum atomic E-state index is -0.696. The molecule has 0 radical (unpaired) electrons. The summed E-state index contributed by atoms with van der Waals surface area (Å²) in [5.74, 6) is -0.850. The van der Waals surface area contributed by atoms with Gasteiger partial charge in [0.15, 0.2) is 5.78 Å². The maximum atomic E-state index is 12.5. The Bertz CT molecular complexity index is 509. The number of halogens is 1. The van der Waals surface area contributed by atoms with E-state index in [4.69, 9.17) is 4.74 Å². The summed E-state index contributed by atoms with van der Waals surface area (Å²) in [6.07, 6.45) is 1.51. The summed E-state index contributed by atoms with van der Waals surface area (Å²) in [5.41, 5.74) is 0.753. The molecule has 1 aromatic carbocycles. The number of carbonyl (C=O) groups excluding carboxylic acids is 1. The lowest BCUT2D eigenvalue weighted by atomic mass is 9.84. The van der Waals surface area contributed by atoms with Crippen LogP contribution in [0.5, 0.6) is 0 Å². The van der Waals surface area contributed by atoms with Crippen molar-refractivity contribution in [3.63, 3.8) is 0 Å². The second kappa shape index (κ2) is 6.31. The number of nitriles is 1. The van der Waals surface area contributed by atoms with E-state index in [9.17, 15) is 10.1 Å². The lowest BCUT2D eigenvalue weighted by Crippen LogP contribution is -2.28. The molecule has 4 heteroatoms. The van der Waals surface area contributed by atoms with Gasteiger partial charge in [0.1, 0.15) is 5.92 Å². The first-order valence-electron chi connectivity index (χ1n) is 6.47. The van der Waals surface area contributed by atoms with Gasteiger partial charge in [0.25, 0.3) is 0 Å². The molecule has 100 valence electrons. The Morgan fingerprint density at radius 1 is 1.63 bits per heavy atom. The highest BCUT2D eigenvalue weighted by molar-refractivity contribution is 9.10. The number of ether oxygens (including phenoxy) is 1. The topological polar surface area (TPSA) is 50.1 Å². The molecule has 2 rings (SSSR count). The van der Waals surface area contributed by atoms with Gasteiger partial charge in [-0.05, 0) is 30.5 Å². The molecule has 1 fully saturated rings. The van der Waals surface area contributed by atoms with E-state index in [0.717, 1.165) is 22.9 Å². The molecule has 19 heavy (non-hydrogen) atoms. The van der Waals surface area contributed by atoms with Crippen LogP contribution in [0.2, 0.25) is 0 Å². The summed E-state index contributed by atoms with van der Waals surface area (Å²) >= 11 is 3.37. The van der Waals surface area contributed by atoms with Crippen molar-refractivity contribution < 1.29 is 9.53 Å². The Hall–Kier alpha value is -1.18. The Balaban J connectivity index is 2.23. The normalized spacial score (nSPS) is 23.8. The quantitative estimate of drug-likeness (QED) is 0.853. The molecule has 1 aliphatic rings. The molecule has 3 nitrogen and oxygen atoms in total. The molecule has 1 saturated heterocycles. The average Bonchev–Trinajstić information content (AvgIpc) is 2.87. The molecule has 0 N–H and O–H groups in total. The van der Waals surface area contributed by atoms with E-state index >= 15 is 0 Å². The Labute approximate surface area is 121 Å².